The summed E-state index contributed by atoms with van der Waals surface area (Å²) < 4.78 is 5.43. The largest absolute Gasteiger partial charge is 0.466 e. The number of hydrogen-bond donors (Lipinski definition) is 2. The zero-order valence-electron chi connectivity index (χ0n) is 15.2. The highest BCUT2D eigenvalue weighted by Gasteiger charge is 2.29. The first-order chi connectivity index (χ1) is 11.8. The van der Waals surface area contributed by atoms with Gasteiger partial charge in [0.15, 0.2) is 0 Å². The number of nitrogens with zero attached hydrogens (tertiary/aromatic N) is 2. The molecule has 0 spiro atoms. The van der Waals surface area contributed by atoms with Gasteiger partial charge >= 0.3 is 6.03 Å². The highest BCUT2D eigenvalue weighted by molar-refractivity contribution is 5.97. The standard InChI is InChI=1S/C17H26N4O4/c1-5-18-17(24)19-15(22)12(3)20-6-8-21(9-7-20)16(23)14-10-11(2)25-13(14)4/h10,12H,5-9H2,1-4H3,(H2,18,19,22,24). The van der Waals surface area contributed by atoms with Gasteiger partial charge in [0.2, 0.25) is 5.91 Å². The fourth-order valence-electron chi connectivity index (χ4n) is 2.91. The topological polar surface area (TPSA) is 94.9 Å². The van der Waals surface area contributed by atoms with E-state index in [2.05, 4.69) is 10.6 Å². The number of amides is 4. The van der Waals surface area contributed by atoms with Gasteiger partial charge in [-0.3, -0.25) is 19.8 Å². The van der Waals surface area contributed by atoms with Crippen molar-refractivity contribution in [2.24, 2.45) is 0 Å². The van der Waals surface area contributed by atoms with Gasteiger partial charge in [-0.1, -0.05) is 0 Å². The van der Waals surface area contributed by atoms with Gasteiger partial charge in [0.25, 0.3) is 5.91 Å². The van der Waals surface area contributed by atoms with Crippen LogP contribution in [0.4, 0.5) is 4.79 Å². The summed E-state index contributed by atoms with van der Waals surface area (Å²) in [5.41, 5.74) is 0.591. The molecule has 2 N–H and O–H groups in total. The molecule has 0 aliphatic carbocycles. The first-order valence-corrected chi connectivity index (χ1v) is 8.52. The summed E-state index contributed by atoms with van der Waals surface area (Å²) in [4.78, 5) is 39.9. The average molecular weight is 350 g/mol. The highest BCUT2D eigenvalue weighted by Crippen LogP contribution is 2.17. The van der Waals surface area contributed by atoms with E-state index in [1.807, 2.05) is 11.8 Å². The number of carbonyl (C=O) groups is 3. The fraction of sp³-hybridized carbons (Fsp3) is 0.588. The molecule has 0 saturated carbocycles. The van der Waals surface area contributed by atoms with Crippen LogP contribution in [-0.4, -0.2) is 66.4 Å². The predicted octanol–water partition coefficient (Wildman–Crippen LogP) is 0.888. The first-order valence-electron chi connectivity index (χ1n) is 8.52. The Balaban J connectivity index is 1.88. The van der Waals surface area contributed by atoms with Crippen LogP contribution in [0, 0.1) is 13.8 Å². The van der Waals surface area contributed by atoms with E-state index in [0.717, 1.165) is 5.76 Å². The van der Waals surface area contributed by atoms with Crippen molar-refractivity contribution in [2.75, 3.05) is 32.7 Å². The molecule has 1 unspecified atom stereocenters. The minimum Gasteiger partial charge on any atom is -0.466 e. The number of rotatable bonds is 4. The van der Waals surface area contributed by atoms with Crippen LogP contribution in [0.25, 0.3) is 0 Å². The van der Waals surface area contributed by atoms with Gasteiger partial charge in [0, 0.05) is 32.7 Å². The van der Waals surface area contributed by atoms with E-state index in [-0.39, 0.29) is 11.8 Å². The second-order valence-electron chi connectivity index (χ2n) is 6.18. The van der Waals surface area contributed by atoms with Crippen LogP contribution in [0.2, 0.25) is 0 Å². The molecule has 1 fully saturated rings. The van der Waals surface area contributed by atoms with Crippen LogP contribution in [-0.2, 0) is 4.79 Å². The second kappa shape index (κ2) is 8.15. The maximum Gasteiger partial charge on any atom is 0.321 e. The Hall–Kier alpha value is -2.35. The molecule has 1 aromatic heterocycles. The zero-order chi connectivity index (χ0) is 18.6. The lowest BCUT2D eigenvalue weighted by Gasteiger charge is -2.37. The Morgan fingerprint density at radius 2 is 1.84 bits per heavy atom. The number of imide groups is 1. The Morgan fingerprint density at radius 3 is 2.36 bits per heavy atom. The number of hydrogen-bond acceptors (Lipinski definition) is 5. The van der Waals surface area contributed by atoms with Crippen molar-refractivity contribution in [2.45, 2.75) is 33.7 Å². The molecule has 8 nitrogen and oxygen atoms in total. The van der Waals surface area contributed by atoms with Crippen molar-refractivity contribution in [1.29, 1.82) is 0 Å². The lowest BCUT2D eigenvalue weighted by atomic mass is 10.1. The van der Waals surface area contributed by atoms with Gasteiger partial charge in [-0.05, 0) is 33.8 Å². The quantitative estimate of drug-likeness (QED) is 0.841. The first kappa shape index (κ1) is 19.0. The van der Waals surface area contributed by atoms with E-state index in [1.54, 1.807) is 31.7 Å². The summed E-state index contributed by atoms with van der Waals surface area (Å²) in [5, 5.41) is 4.85. The molecule has 1 saturated heterocycles. The molecule has 2 heterocycles. The molecule has 8 heteroatoms. The Bertz CT molecular complexity index is 647. The summed E-state index contributed by atoms with van der Waals surface area (Å²) in [5.74, 6) is 0.954. The van der Waals surface area contributed by atoms with Gasteiger partial charge in [0.05, 0.1) is 11.6 Å². The lowest BCUT2D eigenvalue weighted by Crippen LogP contribution is -2.56. The molecular weight excluding hydrogens is 324 g/mol. The van der Waals surface area contributed by atoms with Crippen LogP contribution in [0.1, 0.15) is 35.7 Å². The number of piperazine rings is 1. The molecular formula is C17H26N4O4. The molecule has 1 atom stereocenters. The number of nitrogens with one attached hydrogen (secondary N) is 2. The fourth-order valence-corrected chi connectivity index (χ4v) is 2.91. The summed E-state index contributed by atoms with van der Waals surface area (Å²) in [7, 11) is 0. The van der Waals surface area contributed by atoms with E-state index in [9.17, 15) is 14.4 Å². The summed E-state index contributed by atoms with van der Waals surface area (Å²) in [6.07, 6.45) is 0. The van der Waals surface area contributed by atoms with Crippen LogP contribution >= 0.6 is 0 Å². The van der Waals surface area contributed by atoms with Crippen molar-refractivity contribution in [3.05, 3.63) is 23.2 Å². The third-order valence-corrected chi connectivity index (χ3v) is 4.37. The molecule has 2 rings (SSSR count). The Labute approximate surface area is 147 Å². The Kier molecular flexibility index (Phi) is 6.19. The Morgan fingerprint density at radius 1 is 1.20 bits per heavy atom. The van der Waals surface area contributed by atoms with Gasteiger partial charge < -0.3 is 14.6 Å². The van der Waals surface area contributed by atoms with Gasteiger partial charge in [0.1, 0.15) is 11.5 Å². The van der Waals surface area contributed by atoms with Crippen LogP contribution in [0.15, 0.2) is 10.5 Å². The molecule has 0 bridgehead atoms. The minimum atomic E-state index is -0.487. The molecule has 1 aromatic rings. The minimum absolute atomic E-state index is 0.0478. The van der Waals surface area contributed by atoms with Crippen molar-refractivity contribution >= 4 is 17.8 Å². The van der Waals surface area contributed by atoms with E-state index in [4.69, 9.17) is 4.42 Å². The third-order valence-electron chi connectivity index (χ3n) is 4.37. The predicted molar refractivity (Wildman–Crippen MR) is 92.3 cm³/mol. The van der Waals surface area contributed by atoms with Gasteiger partial charge in [-0.15, -0.1) is 0 Å². The summed E-state index contributed by atoms with van der Waals surface area (Å²) in [6.45, 7) is 9.81. The molecule has 1 aliphatic rings. The van der Waals surface area contributed by atoms with Crippen molar-refractivity contribution in [3.63, 3.8) is 0 Å². The normalized spacial score (nSPS) is 16.4. The lowest BCUT2D eigenvalue weighted by molar-refractivity contribution is -0.125. The van der Waals surface area contributed by atoms with E-state index in [0.29, 0.717) is 44.0 Å². The molecule has 138 valence electrons. The number of carbonyl (C=O) groups excluding carboxylic acids is 3. The van der Waals surface area contributed by atoms with Crippen LogP contribution < -0.4 is 10.6 Å². The molecule has 0 aromatic carbocycles. The van der Waals surface area contributed by atoms with Crippen molar-refractivity contribution < 1.29 is 18.8 Å². The summed E-state index contributed by atoms with van der Waals surface area (Å²) in [6, 6.07) is 0.837. The van der Waals surface area contributed by atoms with Crippen molar-refractivity contribution in [1.82, 2.24) is 20.4 Å². The smallest absolute Gasteiger partial charge is 0.321 e. The van der Waals surface area contributed by atoms with Crippen LogP contribution in [0.3, 0.4) is 0 Å². The maximum absolute atomic E-state index is 12.6. The van der Waals surface area contributed by atoms with Gasteiger partial charge in [-0.2, -0.15) is 0 Å². The SMILES string of the molecule is CCNC(=O)NC(=O)C(C)N1CCN(C(=O)c2cc(C)oc2C)CC1. The molecule has 4 amide bonds. The third kappa shape index (κ3) is 4.60. The number of furan rings is 1. The zero-order valence-corrected chi connectivity index (χ0v) is 15.2. The maximum atomic E-state index is 12.6. The second-order valence-corrected chi connectivity index (χ2v) is 6.18. The molecule has 0 radical (unpaired) electrons. The number of aryl methyl sites for hydroxylation is 2. The van der Waals surface area contributed by atoms with Crippen molar-refractivity contribution in [3.8, 4) is 0 Å². The average Bonchev–Trinajstić information content (AvgIpc) is 2.92. The highest BCUT2D eigenvalue weighted by atomic mass is 16.3. The van der Waals surface area contributed by atoms with Crippen LogP contribution in [0.5, 0.6) is 0 Å². The van der Waals surface area contributed by atoms with E-state index < -0.39 is 12.1 Å². The monoisotopic (exact) mass is 350 g/mol. The summed E-state index contributed by atoms with van der Waals surface area (Å²) >= 11 is 0. The number of urea groups is 1. The van der Waals surface area contributed by atoms with E-state index >= 15 is 0 Å². The molecule has 1 aliphatic heterocycles. The molecule has 25 heavy (non-hydrogen) atoms. The van der Waals surface area contributed by atoms with Gasteiger partial charge in [-0.25, -0.2) is 4.79 Å². The van der Waals surface area contributed by atoms with E-state index in [1.165, 1.54) is 0 Å².